The summed E-state index contributed by atoms with van der Waals surface area (Å²) in [7, 11) is 1.84. The normalized spacial score (nSPS) is 35.7. The van der Waals surface area contributed by atoms with Gasteiger partial charge in [0.2, 0.25) is 0 Å². The molecule has 4 N–H and O–H groups in total. The Hall–Kier alpha value is -0.580. The Labute approximate surface area is 72.4 Å². The second-order valence-electron chi connectivity index (χ2n) is 3.05. The van der Waals surface area contributed by atoms with Gasteiger partial charge in [0.1, 0.15) is 18.0 Å². The van der Waals surface area contributed by atoms with Gasteiger partial charge in [0.15, 0.2) is 0 Å². The van der Waals surface area contributed by atoms with Gasteiger partial charge >= 0.3 is 0 Å². The molecule has 3 atom stereocenters. The van der Waals surface area contributed by atoms with Crippen LogP contribution in [0.1, 0.15) is 6.92 Å². The minimum absolute atomic E-state index is 0.214. The van der Waals surface area contributed by atoms with Crippen molar-refractivity contribution < 1.29 is 9.84 Å². The first-order chi connectivity index (χ1) is 5.65. The van der Waals surface area contributed by atoms with Crippen molar-refractivity contribution in [2.45, 2.75) is 25.2 Å². The lowest BCUT2D eigenvalue weighted by Gasteiger charge is -2.30. The van der Waals surface area contributed by atoms with Crippen molar-refractivity contribution in [2.24, 2.45) is 5.73 Å². The summed E-state index contributed by atoms with van der Waals surface area (Å²) in [5, 5.41) is 12.4. The number of nitrogens with one attached hydrogen (secondary N) is 1. The van der Waals surface area contributed by atoms with Gasteiger partial charge < -0.3 is 20.9 Å². The third kappa shape index (κ3) is 1.97. The molecule has 12 heavy (non-hydrogen) atoms. The molecule has 1 rings (SSSR count). The highest BCUT2D eigenvalue weighted by Crippen LogP contribution is 2.15. The molecule has 70 valence electrons. The fraction of sp³-hybridized carbons (Fsp3) is 0.750. The first-order valence-corrected chi connectivity index (χ1v) is 4.10. The van der Waals surface area contributed by atoms with Crippen LogP contribution in [0.25, 0.3) is 0 Å². The van der Waals surface area contributed by atoms with Crippen molar-refractivity contribution in [3.05, 3.63) is 11.8 Å². The Morgan fingerprint density at radius 3 is 2.92 bits per heavy atom. The van der Waals surface area contributed by atoms with Crippen LogP contribution in [0.2, 0.25) is 0 Å². The van der Waals surface area contributed by atoms with E-state index in [1.54, 1.807) is 6.08 Å². The van der Waals surface area contributed by atoms with E-state index in [4.69, 9.17) is 10.5 Å². The first kappa shape index (κ1) is 9.51. The molecule has 0 amide bonds. The minimum atomic E-state index is -0.592. The van der Waals surface area contributed by atoms with E-state index < -0.39 is 6.10 Å². The van der Waals surface area contributed by atoms with Crippen LogP contribution in [-0.2, 0) is 4.74 Å². The van der Waals surface area contributed by atoms with Crippen LogP contribution < -0.4 is 11.1 Å². The maximum atomic E-state index is 9.42. The SMILES string of the molecule is CNCC1=C[C@H](N)[C@@H](O)[C@@H](C)O1. The number of hydrogen-bond donors (Lipinski definition) is 3. The molecule has 4 heteroatoms. The molecular formula is C8H16N2O2. The molecule has 0 unspecified atom stereocenters. The monoisotopic (exact) mass is 172 g/mol. The number of aliphatic hydroxyl groups excluding tert-OH is 1. The number of aliphatic hydroxyl groups is 1. The molecule has 0 aromatic heterocycles. The molecule has 0 fully saturated rings. The van der Waals surface area contributed by atoms with E-state index in [9.17, 15) is 5.11 Å². The summed E-state index contributed by atoms with van der Waals surface area (Å²) in [4.78, 5) is 0. The third-order valence-electron chi connectivity index (χ3n) is 1.94. The Bertz CT molecular complexity index is 182. The lowest BCUT2D eigenvalue weighted by atomic mass is 10.0. The Kier molecular flexibility index (Phi) is 3.08. The fourth-order valence-corrected chi connectivity index (χ4v) is 1.25. The van der Waals surface area contributed by atoms with Crippen molar-refractivity contribution in [1.82, 2.24) is 5.32 Å². The molecule has 0 saturated heterocycles. The zero-order valence-corrected chi connectivity index (χ0v) is 7.45. The summed E-state index contributed by atoms with van der Waals surface area (Å²) in [6.07, 6.45) is 0.945. The Balaban J connectivity index is 2.61. The van der Waals surface area contributed by atoms with Gasteiger partial charge in [-0.1, -0.05) is 0 Å². The van der Waals surface area contributed by atoms with Gasteiger partial charge in [-0.25, -0.2) is 0 Å². The quantitative estimate of drug-likeness (QED) is 0.510. The van der Waals surface area contributed by atoms with E-state index in [0.29, 0.717) is 6.54 Å². The summed E-state index contributed by atoms with van der Waals surface area (Å²) in [5.41, 5.74) is 5.66. The van der Waals surface area contributed by atoms with Crippen LogP contribution >= 0.6 is 0 Å². The average molecular weight is 172 g/mol. The number of ether oxygens (including phenoxy) is 1. The van der Waals surface area contributed by atoms with E-state index in [0.717, 1.165) is 5.76 Å². The molecular weight excluding hydrogens is 156 g/mol. The van der Waals surface area contributed by atoms with Crippen LogP contribution in [0.5, 0.6) is 0 Å². The maximum absolute atomic E-state index is 9.42. The molecule has 0 aliphatic carbocycles. The van der Waals surface area contributed by atoms with Gasteiger partial charge in [-0.15, -0.1) is 0 Å². The predicted molar refractivity (Wildman–Crippen MR) is 46.5 cm³/mol. The smallest absolute Gasteiger partial charge is 0.123 e. The zero-order valence-electron chi connectivity index (χ0n) is 7.45. The topological polar surface area (TPSA) is 67.5 Å². The molecule has 1 aliphatic rings. The molecule has 1 aliphatic heterocycles. The Morgan fingerprint density at radius 1 is 1.75 bits per heavy atom. The van der Waals surface area contributed by atoms with Gasteiger partial charge in [-0.2, -0.15) is 0 Å². The zero-order chi connectivity index (χ0) is 9.14. The molecule has 1 heterocycles. The van der Waals surface area contributed by atoms with Crippen molar-refractivity contribution in [2.75, 3.05) is 13.6 Å². The molecule has 0 aromatic carbocycles. The van der Waals surface area contributed by atoms with E-state index in [-0.39, 0.29) is 12.1 Å². The van der Waals surface area contributed by atoms with Crippen molar-refractivity contribution in [3.63, 3.8) is 0 Å². The van der Waals surface area contributed by atoms with Gasteiger partial charge in [-0.3, -0.25) is 0 Å². The standard InChI is InChI=1S/C8H16N2O2/c1-5-8(11)7(9)3-6(12-5)4-10-2/h3,5,7-8,10-11H,4,9H2,1-2H3/t5-,7+,8+/m1/s1. The highest BCUT2D eigenvalue weighted by atomic mass is 16.5. The van der Waals surface area contributed by atoms with E-state index in [1.807, 2.05) is 14.0 Å². The number of hydrogen-bond acceptors (Lipinski definition) is 4. The average Bonchev–Trinajstić information content (AvgIpc) is 2.01. The molecule has 0 spiro atoms. The van der Waals surface area contributed by atoms with E-state index >= 15 is 0 Å². The maximum Gasteiger partial charge on any atom is 0.123 e. The highest BCUT2D eigenvalue weighted by molar-refractivity contribution is 5.09. The fourth-order valence-electron chi connectivity index (χ4n) is 1.25. The second kappa shape index (κ2) is 3.89. The third-order valence-corrected chi connectivity index (χ3v) is 1.94. The molecule has 0 aromatic rings. The van der Waals surface area contributed by atoms with Gasteiger partial charge in [0, 0.05) is 0 Å². The van der Waals surface area contributed by atoms with Gasteiger partial charge in [-0.05, 0) is 20.0 Å². The number of likely N-dealkylation sites (N-methyl/N-ethyl adjacent to an activating group) is 1. The summed E-state index contributed by atoms with van der Waals surface area (Å²) in [6.45, 7) is 2.47. The van der Waals surface area contributed by atoms with E-state index in [1.165, 1.54) is 0 Å². The van der Waals surface area contributed by atoms with Crippen molar-refractivity contribution in [1.29, 1.82) is 0 Å². The Morgan fingerprint density at radius 2 is 2.42 bits per heavy atom. The molecule has 4 nitrogen and oxygen atoms in total. The van der Waals surface area contributed by atoms with Crippen LogP contribution in [0.3, 0.4) is 0 Å². The predicted octanol–water partition coefficient (Wildman–Crippen LogP) is -0.803. The van der Waals surface area contributed by atoms with Gasteiger partial charge in [0.05, 0.1) is 12.6 Å². The van der Waals surface area contributed by atoms with E-state index in [2.05, 4.69) is 5.32 Å². The first-order valence-electron chi connectivity index (χ1n) is 4.10. The summed E-state index contributed by atoms with van der Waals surface area (Å²) in [5.74, 6) is 0.808. The number of nitrogens with two attached hydrogens (primary N) is 1. The summed E-state index contributed by atoms with van der Waals surface area (Å²) < 4.78 is 5.38. The van der Waals surface area contributed by atoms with Crippen LogP contribution in [0.15, 0.2) is 11.8 Å². The van der Waals surface area contributed by atoms with Crippen LogP contribution in [0, 0.1) is 0 Å². The molecule has 0 radical (unpaired) electrons. The summed E-state index contributed by atoms with van der Waals surface area (Å²) in [6, 6.07) is -0.308. The molecule has 0 saturated carbocycles. The van der Waals surface area contributed by atoms with Crippen LogP contribution in [0.4, 0.5) is 0 Å². The minimum Gasteiger partial charge on any atom is -0.491 e. The van der Waals surface area contributed by atoms with Crippen molar-refractivity contribution in [3.8, 4) is 0 Å². The highest BCUT2D eigenvalue weighted by Gasteiger charge is 2.27. The second-order valence-corrected chi connectivity index (χ2v) is 3.05. The van der Waals surface area contributed by atoms with Crippen LogP contribution in [-0.4, -0.2) is 36.9 Å². The molecule has 0 bridgehead atoms. The lowest BCUT2D eigenvalue weighted by Crippen LogP contribution is -2.45. The lowest BCUT2D eigenvalue weighted by molar-refractivity contribution is -0.0153. The summed E-state index contributed by atoms with van der Waals surface area (Å²) >= 11 is 0. The largest absolute Gasteiger partial charge is 0.491 e. The van der Waals surface area contributed by atoms with Gasteiger partial charge in [0.25, 0.3) is 0 Å². The van der Waals surface area contributed by atoms with Crippen molar-refractivity contribution >= 4 is 0 Å². The number of rotatable bonds is 2.